The number of carbonyl (C=O) groups is 2. The lowest BCUT2D eigenvalue weighted by Gasteiger charge is -2.31. The number of nitrogens with one attached hydrogen (secondary N) is 1. The van der Waals surface area contributed by atoms with Crippen LogP contribution in [0.4, 0.5) is 0 Å². The highest BCUT2D eigenvalue weighted by atomic mass is 16.6. The normalized spacial score (nSPS) is 14.7. The zero-order valence-corrected chi connectivity index (χ0v) is 17.6. The molecule has 1 fully saturated rings. The maximum absolute atomic E-state index is 12.0. The number of likely N-dealkylation sites (tertiary alicyclic amines) is 1. The topological polar surface area (TPSA) is 106 Å². The van der Waals surface area contributed by atoms with Gasteiger partial charge in [-0.1, -0.05) is 35.5 Å². The molecule has 0 radical (unpaired) electrons. The lowest BCUT2D eigenvalue weighted by atomic mass is 10.1. The molecule has 3 rings (SSSR count). The molecule has 0 aliphatic carbocycles. The summed E-state index contributed by atoms with van der Waals surface area (Å²) in [7, 11) is 0. The first-order valence-electron chi connectivity index (χ1n) is 10.3. The fourth-order valence-corrected chi connectivity index (χ4v) is 3.28. The Labute approximate surface area is 182 Å². The van der Waals surface area contributed by atoms with Gasteiger partial charge in [0.05, 0.1) is 0 Å². The molecule has 31 heavy (non-hydrogen) atoms. The van der Waals surface area contributed by atoms with Gasteiger partial charge in [0.25, 0.3) is 5.91 Å². The number of ether oxygens (including phenoxy) is 1. The molecule has 2 aromatic rings. The summed E-state index contributed by atoms with van der Waals surface area (Å²) < 4.78 is 5.74. The molecule has 0 unspecified atom stereocenters. The van der Waals surface area contributed by atoms with E-state index in [0.29, 0.717) is 25.3 Å². The van der Waals surface area contributed by atoms with Crippen LogP contribution in [0.5, 0.6) is 5.75 Å². The van der Waals surface area contributed by atoms with Crippen LogP contribution in [0.25, 0.3) is 0 Å². The van der Waals surface area contributed by atoms with E-state index in [1.807, 2.05) is 30.3 Å². The number of nitrogens with zero attached hydrogens (tertiary/aromatic N) is 2. The highest BCUT2D eigenvalue weighted by Gasteiger charge is 2.21. The van der Waals surface area contributed by atoms with E-state index in [1.165, 1.54) is 0 Å². The van der Waals surface area contributed by atoms with Crippen molar-refractivity contribution < 1.29 is 19.2 Å². The first-order valence-corrected chi connectivity index (χ1v) is 10.3. The van der Waals surface area contributed by atoms with Crippen molar-refractivity contribution in [1.82, 2.24) is 10.2 Å². The smallest absolute Gasteiger partial charge is 0.260 e. The lowest BCUT2D eigenvalue weighted by Crippen LogP contribution is -2.46. The number of nitrogens with two attached hydrogens (primary N) is 1. The zero-order chi connectivity index (χ0) is 22.1. The van der Waals surface area contributed by atoms with Crippen molar-refractivity contribution in [3.8, 4) is 5.75 Å². The van der Waals surface area contributed by atoms with Gasteiger partial charge in [-0.3, -0.25) is 9.59 Å². The Kier molecular flexibility index (Phi) is 7.86. The number of rotatable bonds is 8. The number of amides is 2. The minimum atomic E-state index is -0.262. The van der Waals surface area contributed by atoms with Gasteiger partial charge in [0.2, 0.25) is 5.91 Å². The van der Waals surface area contributed by atoms with Crippen molar-refractivity contribution in [3.05, 3.63) is 65.7 Å². The van der Waals surface area contributed by atoms with Crippen LogP contribution in [0.3, 0.4) is 0 Å². The van der Waals surface area contributed by atoms with E-state index in [9.17, 15) is 9.59 Å². The van der Waals surface area contributed by atoms with Gasteiger partial charge in [0, 0.05) is 31.6 Å². The Morgan fingerprint density at radius 1 is 1.10 bits per heavy atom. The van der Waals surface area contributed by atoms with Gasteiger partial charge in [-0.2, -0.15) is 0 Å². The molecule has 2 amide bonds. The number of oxime groups is 1. The molecule has 1 aliphatic heterocycles. The molecule has 0 atom stereocenters. The largest absolute Gasteiger partial charge is 0.489 e. The van der Waals surface area contributed by atoms with Gasteiger partial charge >= 0.3 is 0 Å². The van der Waals surface area contributed by atoms with Gasteiger partial charge in [-0.05, 0) is 42.7 Å². The molecule has 1 aliphatic rings. The van der Waals surface area contributed by atoms with Crippen LogP contribution in [0.15, 0.2) is 59.8 Å². The quantitative estimate of drug-likeness (QED) is 0.383. The first-order chi connectivity index (χ1) is 15.0. The van der Waals surface area contributed by atoms with E-state index in [1.54, 1.807) is 36.1 Å². The van der Waals surface area contributed by atoms with E-state index in [4.69, 9.17) is 15.3 Å². The van der Waals surface area contributed by atoms with E-state index < -0.39 is 0 Å². The number of benzene rings is 2. The molecule has 1 heterocycles. The molecule has 0 aromatic heterocycles. The predicted octanol–water partition coefficient (Wildman–Crippen LogP) is 2.03. The van der Waals surface area contributed by atoms with Crippen molar-refractivity contribution in [2.45, 2.75) is 32.4 Å². The average Bonchev–Trinajstić information content (AvgIpc) is 2.79. The third-order valence-electron chi connectivity index (χ3n) is 5.06. The maximum atomic E-state index is 12.0. The monoisotopic (exact) mass is 424 g/mol. The summed E-state index contributed by atoms with van der Waals surface area (Å²) in [5, 5.41) is 6.72. The van der Waals surface area contributed by atoms with Crippen molar-refractivity contribution in [2.75, 3.05) is 19.7 Å². The third kappa shape index (κ3) is 7.02. The molecule has 1 saturated heterocycles. The molecular weight excluding hydrogens is 396 g/mol. The molecule has 0 bridgehead atoms. The lowest BCUT2D eigenvalue weighted by molar-refractivity contribution is -0.130. The van der Waals surface area contributed by atoms with E-state index in [2.05, 4.69) is 10.5 Å². The fraction of sp³-hybridized carbons (Fsp3) is 0.348. The fourth-order valence-electron chi connectivity index (χ4n) is 3.28. The third-order valence-corrected chi connectivity index (χ3v) is 5.06. The summed E-state index contributed by atoms with van der Waals surface area (Å²) in [6.07, 6.45) is 1.46. The second kappa shape index (κ2) is 11.0. The molecule has 164 valence electrons. The molecule has 3 N–H and O–H groups in total. The Hall–Kier alpha value is -3.55. The summed E-state index contributed by atoms with van der Waals surface area (Å²) in [4.78, 5) is 30.3. The summed E-state index contributed by atoms with van der Waals surface area (Å²) in [6, 6.07) is 17.1. The minimum Gasteiger partial charge on any atom is -0.489 e. The molecule has 8 nitrogen and oxygen atoms in total. The Morgan fingerprint density at radius 3 is 2.42 bits per heavy atom. The van der Waals surface area contributed by atoms with E-state index >= 15 is 0 Å². The molecule has 2 aromatic carbocycles. The highest BCUT2D eigenvalue weighted by Crippen LogP contribution is 2.14. The Morgan fingerprint density at radius 2 is 1.77 bits per heavy atom. The number of piperidine rings is 1. The highest BCUT2D eigenvalue weighted by molar-refractivity contribution is 5.97. The average molecular weight is 425 g/mol. The van der Waals surface area contributed by atoms with Gasteiger partial charge in [0.1, 0.15) is 12.4 Å². The molecule has 0 spiro atoms. The number of hydrogen-bond donors (Lipinski definition) is 2. The van der Waals surface area contributed by atoms with Crippen LogP contribution in [-0.2, 0) is 21.0 Å². The van der Waals surface area contributed by atoms with Crippen molar-refractivity contribution in [3.63, 3.8) is 0 Å². The van der Waals surface area contributed by atoms with Crippen molar-refractivity contribution in [2.24, 2.45) is 10.9 Å². The van der Waals surface area contributed by atoms with Crippen LogP contribution in [0, 0.1) is 0 Å². The second-order valence-electron chi connectivity index (χ2n) is 7.40. The molecule has 8 heteroatoms. The summed E-state index contributed by atoms with van der Waals surface area (Å²) in [6.45, 7) is 3.12. The number of hydrogen-bond acceptors (Lipinski definition) is 5. The van der Waals surface area contributed by atoms with Crippen LogP contribution in [0.1, 0.15) is 30.9 Å². The van der Waals surface area contributed by atoms with Crippen LogP contribution in [0.2, 0.25) is 0 Å². The molecular formula is C23H28N4O4. The van der Waals surface area contributed by atoms with Crippen LogP contribution in [-0.4, -0.2) is 48.3 Å². The van der Waals surface area contributed by atoms with Gasteiger partial charge in [-0.25, -0.2) is 0 Å². The standard InChI is InChI=1S/C23H28N4O4/c1-17(28)27-13-11-20(12-14-27)25-22(29)16-31-26-23(24)19-7-9-21(10-8-19)30-15-18-5-3-2-4-6-18/h2-10,20H,11-16H2,1H3,(H2,24,26)(H,25,29). The SMILES string of the molecule is CC(=O)N1CCC(NC(=O)CO/N=C(/N)c2ccc(OCc3ccccc3)cc2)CC1. The van der Waals surface area contributed by atoms with Crippen molar-refractivity contribution >= 4 is 17.6 Å². The van der Waals surface area contributed by atoms with Crippen LogP contribution < -0.4 is 15.8 Å². The number of amidine groups is 1. The second-order valence-corrected chi connectivity index (χ2v) is 7.40. The summed E-state index contributed by atoms with van der Waals surface area (Å²) >= 11 is 0. The van der Waals surface area contributed by atoms with Gasteiger partial charge in [-0.15, -0.1) is 0 Å². The Bertz CT molecular complexity index is 892. The summed E-state index contributed by atoms with van der Waals surface area (Å²) in [5.74, 6) is 0.699. The minimum absolute atomic E-state index is 0.0384. The zero-order valence-electron chi connectivity index (χ0n) is 17.6. The van der Waals surface area contributed by atoms with Gasteiger partial charge < -0.3 is 25.5 Å². The first kappa shape index (κ1) is 22.1. The van der Waals surface area contributed by atoms with Crippen molar-refractivity contribution in [1.29, 1.82) is 0 Å². The maximum Gasteiger partial charge on any atom is 0.260 e. The Balaban J connectivity index is 1.39. The number of carbonyl (C=O) groups excluding carboxylic acids is 2. The molecule has 0 saturated carbocycles. The predicted molar refractivity (Wildman–Crippen MR) is 117 cm³/mol. The van der Waals surface area contributed by atoms with Crippen LogP contribution >= 0.6 is 0 Å². The van der Waals surface area contributed by atoms with E-state index in [-0.39, 0.29) is 30.3 Å². The van der Waals surface area contributed by atoms with E-state index in [0.717, 1.165) is 24.2 Å². The summed E-state index contributed by atoms with van der Waals surface area (Å²) in [5.41, 5.74) is 7.70. The van der Waals surface area contributed by atoms with Gasteiger partial charge in [0.15, 0.2) is 12.4 Å².